The van der Waals surface area contributed by atoms with Crippen molar-refractivity contribution in [3.63, 3.8) is 0 Å². The Morgan fingerprint density at radius 2 is 0.636 bits per heavy atom. The molecule has 7 aromatic rings. The maximum Gasteiger partial charge on any atom is 0.0462 e. The summed E-state index contributed by atoms with van der Waals surface area (Å²) in [5.41, 5.74) is 13.0. The number of halogens is 1. The predicted molar refractivity (Wildman–Crippen MR) is 191 cm³/mol. The zero-order chi connectivity index (χ0) is 29.7. The van der Waals surface area contributed by atoms with Crippen molar-refractivity contribution in [3.05, 3.63) is 186 Å². The average molecular weight is 629 g/mol. The second-order valence-electron chi connectivity index (χ2n) is 10.7. The molecule has 0 saturated heterocycles. The molecule has 0 unspecified atom stereocenters. The summed E-state index contributed by atoms with van der Waals surface area (Å²) in [5, 5.41) is 0. The van der Waals surface area contributed by atoms with E-state index in [1.54, 1.807) is 0 Å². The molecule has 0 aromatic heterocycles. The van der Waals surface area contributed by atoms with Crippen molar-refractivity contribution in [2.24, 2.45) is 0 Å². The highest BCUT2D eigenvalue weighted by molar-refractivity contribution is 9.10. The molecule has 0 fully saturated rings. The van der Waals surface area contributed by atoms with E-state index in [0.29, 0.717) is 0 Å². The highest BCUT2D eigenvalue weighted by Gasteiger charge is 2.16. The molecule has 7 aromatic carbocycles. The Kier molecular flexibility index (Phi) is 7.91. The van der Waals surface area contributed by atoms with Crippen molar-refractivity contribution in [1.82, 2.24) is 0 Å². The van der Waals surface area contributed by atoms with Crippen LogP contribution in [0.3, 0.4) is 0 Å². The van der Waals surface area contributed by atoms with Gasteiger partial charge < -0.3 is 4.90 Å². The standard InChI is InChI=1S/C42H30BrN/c43-42-22-12-11-21-41(42)40-20-10-9-19-39(40)38-18-8-7-17-37(38)33-25-29-36(30-26-33)44(34-15-5-2-6-16-34)35-27-23-32(24-28-35)31-13-3-1-4-14-31/h1-30H. The number of para-hydroxylation sites is 1. The maximum absolute atomic E-state index is 3.77. The molecule has 0 atom stereocenters. The van der Waals surface area contributed by atoms with Crippen LogP contribution in [0.15, 0.2) is 186 Å². The van der Waals surface area contributed by atoms with E-state index in [-0.39, 0.29) is 0 Å². The highest BCUT2D eigenvalue weighted by Crippen LogP contribution is 2.41. The third kappa shape index (κ3) is 5.60. The molecule has 2 heteroatoms. The fraction of sp³-hybridized carbons (Fsp3) is 0. The van der Waals surface area contributed by atoms with E-state index in [0.717, 1.165) is 21.5 Å². The third-order valence-corrected chi connectivity index (χ3v) is 8.68. The van der Waals surface area contributed by atoms with Crippen LogP contribution in [-0.2, 0) is 0 Å². The lowest BCUT2D eigenvalue weighted by molar-refractivity contribution is 1.28. The smallest absolute Gasteiger partial charge is 0.0462 e. The number of benzene rings is 7. The van der Waals surface area contributed by atoms with Crippen molar-refractivity contribution < 1.29 is 0 Å². The molecule has 0 radical (unpaired) electrons. The van der Waals surface area contributed by atoms with Crippen molar-refractivity contribution in [2.75, 3.05) is 4.90 Å². The van der Waals surface area contributed by atoms with Gasteiger partial charge in [-0.25, -0.2) is 0 Å². The van der Waals surface area contributed by atoms with Gasteiger partial charge in [-0.2, -0.15) is 0 Å². The second-order valence-corrected chi connectivity index (χ2v) is 11.6. The molecule has 0 amide bonds. The monoisotopic (exact) mass is 627 g/mol. The lowest BCUT2D eigenvalue weighted by Gasteiger charge is -2.26. The number of hydrogen-bond donors (Lipinski definition) is 0. The molecular weight excluding hydrogens is 598 g/mol. The summed E-state index contributed by atoms with van der Waals surface area (Å²) in [4.78, 5) is 2.31. The number of nitrogens with zero attached hydrogens (tertiary/aromatic N) is 1. The van der Waals surface area contributed by atoms with E-state index in [1.165, 1.54) is 44.5 Å². The summed E-state index contributed by atoms with van der Waals surface area (Å²) < 4.78 is 1.09. The summed E-state index contributed by atoms with van der Waals surface area (Å²) in [5.74, 6) is 0. The van der Waals surface area contributed by atoms with Gasteiger partial charge in [0.1, 0.15) is 0 Å². The Labute approximate surface area is 267 Å². The van der Waals surface area contributed by atoms with Gasteiger partial charge in [0.05, 0.1) is 0 Å². The van der Waals surface area contributed by atoms with Crippen LogP contribution in [0.2, 0.25) is 0 Å². The topological polar surface area (TPSA) is 3.24 Å². The van der Waals surface area contributed by atoms with Crippen molar-refractivity contribution in [2.45, 2.75) is 0 Å². The molecule has 0 heterocycles. The summed E-state index contributed by atoms with van der Waals surface area (Å²) in [6, 6.07) is 64.6. The lowest BCUT2D eigenvalue weighted by Crippen LogP contribution is -2.09. The third-order valence-electron chi connectivity index (χ3n) is 7.99. The Bertz CT molecular complexity index is 2000. The highest BCUT2D eigenvalue weighted by atomic mass is 79.9. The fourth-order valence-electron chi connectivity index (χ4n) is 5.85. The molecule has 0 N–H and O–H groups in total. The van der Waals surface area contributed by atoms with Crippen LogP contribution in [0.25, 0.3) is 44.5 Å². The van der Waals surface area contributed by atoms with E-state index in [4.69, 9.17) is 0 Å². The van der Waals surface area contributed by atoms with Crippen LogP contribution in [0.1, 0.15) is 0 Å². The number of anilines is 3. The van der Waals surface area contributed by atoms with Gasteiger partial charge in [-0.3, -0.25) is 0 Å². The molecule has 0 bridgehead atoms. The normalized spacial score (nSPS) is 10.8. The van der Waals surface area contributed by atoms with Crippen LogP contribution in [-0.4, -0.2) is 0 Å². The minimum atomic E-state index is 1.09. The molecule has 44 heavy (non-hydrogen) atoms. The van der Waals surface area contributed by atoms with Crippen molar-refractivity contribution >= 4 is 33.0 Å². The first-order valence-electron chi connectivity index (χ1n) is 14.8. The van der Waals surface area contributed by atoms with Crippen LogP contribution < -0.4 is 4.90 Å². The molecular formula is C42H30BrN. The zero-order valence-corrected chi connectivity index (χ0v) is 25.7. The molecule has 7 rings (SSSR count). The van der Waals surface area contributed by atoms with Gasteiger partial charge in [0.15, 0.2) is 0 Å². The Hall–Kier alpha value is -5.18. The molecule has 0 aliphatic heterocycles. The maximum atomic E-state index is 3.77. The minimum absolute atomic E-state index is 1.09. The molecule has 210 valence electrons. The SMILES string of the molecule is Brc1ccccc1-c1ccccc1-c1ccccc1-c1ccc(N(c2ccccc2)c2ccc(-c3ccccc3)cc2)cc1. The van der Waals surface area contributed by atoms with E-state index in [2.05, 4.69) is 203 Å². The molecule has 0 aliphatic rings. The summed E-state index contributed by atoms with van der Waals surface area (Å²) in [6.07, 6.45) is 0. The molecule has 0 aliphatic carbocycles. The van der Waals surface area contributed by atoms with Crippen LogP contribution in [0, 0.1) is 0 Å². The van der Waals surface area contributed by atoms with Crippen LogP contribution in [0.4, 0.5) is 17.1 Å². The zero-order valence-electron chi connectivity index (χ0n) is 24.1. The number of rotatable bonds is 7. The van der Waals surface area contributed by atoms with Gasteiger partial charge in [-0.05, 0) is 87.0 Å². The first-order chi connectivity index (χ1) is 21.8. The van der Waals surface area contributed by atoms with E-state index in [1.807, 2.05) is 0 Å². The molecule has 1 nitrogen and oxygen atoms in total. The first-order valence-corrected chi connectivity index (χ1v) is 15.6. The quantitative estimate of drug-likeness (QED) is 0.170. The summed E-state index contributed by atoms with van der Waals surface area (Å²) in [6.45, 7) is 0. The summed E-state index contributed by atoms with van der Waals surface area (Å²) in [7, 11) is 0. The van der Waals surface area contributed by atoms with E-state index >= 15 is 0 Å². The lowest BCUT2D eigenvalue weighted by atomic mass is 9.89. The molecule has 0 saturated carbocycles. The molecule has 0 spiro atoms. The summed E-state index contributed by atoms with van der Waals surface area (Å²) >= 11 is 3.77. The average Bonchev–Trinajstić information content (AvgIpc) is 3.10. The van der Waals surface area contributed by atoms with Crippen molar-refractivity contribution in [3.8, 4) is 44.5 Å². The van der Waals surface area contributed by atoms with Crippen LogP contribution >= 0.6 is 15.9 Å². The van der Waals surface area contributed by atoms with Crippen molar-refractivity contribution in [1.29, 1.82) is 0 Å². The van der Waals surface area contributed by atoms with E-state index < -0.39 is 0 Å². The largest absolute Gasteiger partial charge is 0.311 e. The van der Waals surface area contributed by atoms with Gasteiger partial charge in [-0.15, -0.1) is 0 Å². The van der Waals surface area contributed by atoms with E-state index in [9.17, 15) is 0 Å². The Morgan fingerprint density at radius 1 is 0.273 bits per heavy atom. The number of hydrogen-bond acceptors (Lipinski definition) is 1. The minimum Gasteiger partial charge on any atom is -0.311 e. The van der Waals surface area contributed by atoms with Gasteiger partial charge >= 0.3 is 0 Å². The van der Waals surface area contributed by atoms with Gasteiger partial charge in [0.25, 0.3) is 0 Å². The van der Waals surface area contributed by atoms with Gasteiger partial charge in [-0.1, -0.05) is 155 Å². The van der Waals surface area contributed by atoms with Crippen LogP contribution in [0.5, 0.6) is 0 Å². The van der Waals surface area contributed by atoms with Gasteiger partial charge in [0.2, 0.25) is 0 Å². The first kappa shape index (κ1) is 27.6. The predicted octanol–water partition coefficient (Wildman–Crippen LogP) is 12.6. The van der Waals surface area contributed by atoms with Gasteiger partial charge in [0, 0.05) is 21.5 Å². The Balaban J connectivity index is 1.27. The Morgan fingerprint density at radius 3 is 1.20 bits per heavy atom. The second kappa shape index (κ2) is 12.6. The fourth-order valence-corrected chi connectivity index (χ4v) is 6.35.